The van der Waals surface area contributed by atoms with Crippen LogP contribution in [0.2, 0.25) is 0 Å². The van der Waals surface area contributed by atoms with Crippen molar-refractivity contribution >= 4 is 34.3 Å². The van der Waals surface area contributed by atoms with Crippen LogP contribution < -0.4 is 10.6 Å². The van der Waals surface area contributed by atoms with Crippen LogP contribution in [0.5, 0.6) is 0 Å². The first-order chi connectivity index (χ1) is 9.70. The molecule has 0 spiro atoms. The van der Waals surface area contributed by atoms with E-state index in [0.29, 0.717) is 5.13 Å². The number of aromatic nitrogens is 2. The molecule has 1 aliphatic heterocycles. The molecule has 9 heteroatoms. The maximum Gasteiger partial charge on any atom is 0.325 e. The maximum atomic E-state index is 12.0. The molecule has 0 radical (unpaired) electrons. The Kier molecular flexibility index (Phi) is 3.95. The SMILES string of the molecule is CC(C)c1nnc(NC(=O)CN2C(=O)NC(C)(C)C2=O)s1. The van der Waals surface area contributed by atoms with Crippen LogP contribution in [0, 0.1) is 0 Å². The number of carbonyl (C=O) groups is 3. The summed E-state index contributed by atoms with van der Waals surface area (Å²) in [7, 11) is 0. The van der Waals surface area contributed by atoms with Crippen molar-refractivity contribution in [1.82, 2.24) is 20.4 Å². The van der Waals surface area contributed by atoms with Crippen LogP contribution in [0.1, 0.15) is 38.6 Å². The number of carbonyl (C=O) groups excluding carboxylic acids is 3. The molecule has 0 saturated carbocycles. The van der Waals surface area contributed by atoms with E-state index in [9.17, 15) is 14.4 Å². The molecule has 0 aliphatic carbocycles. The molecule has 1 aromatic heterocycles. The van der Waals surface area contributed by atoms with Crippen molar-refractivity contribution < 1.29 is 14.4 Å². The van der Waals surface area contributed by atoms with Gasteiger partial charge in [0.15, 0.2) is 0 Å². The second kappa shape index (κ2) is 5.40. The van der Waals surface area contributed by atoms with Crippen LogP contribution in [-0.2, 0) is 9.59 Å². The minimum absolute atomic E-state index is 0.222. The Bertz CT molecular complexity index is 595. The minimum atomic E-state index is -0.981. The van der Waals surface area contributed by atoms with Crippen LogP contribution >= 0.6 is 11.3 Å². The largest absolute Gasteiger partial charge is 0.325 e. The van der Waals surface area contributed by atoms with Gasteiger partial charge in [0.2, 0.25) is 11.0 Å². The van der Waals surface area contributed by atoms with Gasteiger partial charge in [-0.3, -0.25) is 19.8 Å². The van der Waals surface area contributed by atoms with Gasteiger partial charge in [-0.05, 0) is 13.8 Å². The zero-order chi connectivity index (χ0) is 15.8. The van der Waals surface area contributed by atoms with E-state index in [1.165, 1.54) is 11.3 Å². The molecule has 1 saturated heterocycles. The van der Waals surface area contributed by atoms with Gasteiger partial charge in [0.1, 0.15) is 17.1 Å². The molecular formula is C12H17N5O3S. The van der Waals surface area contributed by atoms with Gasteiger partial charge in [-0.25, -0.2) is 4.79 Å². The Balaban J connectivity index is 1.99. The van der Waals surface area contributed by atoms with Gasteiger partial charge in [-0.2, -0.15) is 0 Å². The fourth-order valence-corrected chi connectivity index (χ4v) is 2.54. The first kappa shape index (κ1) is 15.4. The first-order valence-electron chi connectivity index (χ1n) is 6.48. The van der Waals surface area contributed by atoms with E-state index >= 15 is 0 Å². The number of rotatable bonds is 4. The van der Waals surface area contributed by atoms with Crippen molar-refractivity contribution in [3.8, 4) is 0 Å². The van der Waals surface area contributed by atoms with Crippen LogP contribution in [0.15, 0.2) is 0 Å². The zero-order valence-corrected chi connectivity index (χ0v) is 13.1. The summed E-state index contributed by atoms with van der Waals surface area (Å²) >= 11 is 1.27. The van der Waals surface area contributed by atoms with E-state index in [2.05, 4.69) is 20.8 Å². The number of urea groups is 1. The summed E-state index contributed by atoms with van der Waals surface area (Å²) < 4.78 is 0. The second-order valence-corrected chi connectivity index (χ2v) is 6.60. The summed E-state index contributed by atoms with van der Waals surface area (Å²) in [4.78, 5) is 36.4. The van der Waals surface area contributed by atoms with E-state index in [-0.39, 0.29) is 12.5 Å². The average Bonchev–Trinajstić information content (AvgIpc) is 2.89. The molecule has 8 nitrogen and oxygen atoms in total. The molecule has 21 heavy (non-hydrogen) atoms. The summed E-state index contributed by atoms with van der Waals surface area (Å²) in [6, 6.07) is -0.569. The van der Waals surface area contributed by atoms with Crippen LogP contribution in [0.25, 0.3) is 0 Å². The van der Waals surface area contributed by atoms with Gasteiger partial charge >= 0.3 is 6.03 Å². The molecule has 0 bridgehead atoms. The summed E-state index contributed by atoms with van der Waals surface area (Å²) in [5.74, 6) is -0.690. The topological polar surface area (TPSA) is 104 Å². The fourth-order valence-electron chi connectivity index (χ4n) is 1.78. The standard InChI is InChI=1S/C12H17N5O3S/c1-6(2)8-15-16-10(21-8)13-7(18)5-17-9(19)12(3,4)14-11(17)20/h6H,5H2,1-4H3,(H,14,20)(H,13,16,18). The zero-order valence-electron chi connectivity index (χ0n) is 12.3. The maximum absolute atomic E-state index is 12.0. The van der Waals surface area contributed by atoms with Crippen molar-refractivity contribution in [2.75, 3.05) is 11.9 Å². The van der Waals surface area contributed by atoms with E-state index in [1.807, 2.05) is 13.8 Å². The molecule has 0 unspecified atom stereocenters. The predicted molar refractivity (Wildman–Crippen MR) is 77.0 cm³/mol. The number of nitrogens with one attached hydrogen (secondary N) is 2. The van der Waals surface area contributed by atoms with E-state index < -0.39 is 23.4 Å². The fraction of sp³-hybridized carbons (Fsp3) is 0.583. The number of anilines is 1. The third kappa shape index (κ3) is 3.18. The Morgan fingerprint density at radius 2 is 2.05 bits per heavy atom. The molecule has 2 rings (SSSR count). The third-order valence-electron chi connectivity index (χ3n) is 2.93. The van der Waals surface area contributed by atoms with Crippen LogP contribution in [0.3, 0.4) is 0 Å². The van der Waals surface area contributed by atoms with Crippen molar-refractivity contribution in [3.05, 3.63) is 5.01 Å². The van der Waals surface area contributed by atoms with Crippen LogP contribution in [0.4, 0.5) is 9.93 Å². The Labute approximate surface area is 125 Å². The normalized spacial score (nSPS) is 17.3. The van der Waals surface area contributed by atoms with Crippen molar-refractivity contribution in [2.24, 2.45) is 0 Å². The predicted octanol–water partition coefficient (Wildman–Crippen LogP) is 0.930. The van der Waals surface area contributed by atoms with Gasteiger partial charge in [-0.15, -0.1) is 10.2 Å². The molecule has 1 aliphatic rings. The monoisotopic (exact) mass is 311 g/mol. The van der Waals surface area contributed by atoms with Gasteiger partial charge in [0.05, 0.1) is 0 Å². The third-order valence-corrected chi connectivity index (χ3v) is 4.07. The first-order valence-corrected chi connectivity index (χ1v) is 7.29. The lowest BCUT2D eigenvalue weighted by Gasteiger charge is -2.15. The second-order valence-electron chi connectivity index (χ2n) is 5.59. The van der Waals surface area contributed by atoms with Crippen molar-refractivity contribution in [2.45, 2.75) is 39.2 Å². The smallest absolute Gasteiger partial charge is 0.324 e. The lowest BCUT2D eigenvalue weighted by molar-refractivity contribution is -0.132. The molecule has 1 aromatic rings. The highest BCUT2D eigenvalue weighted by atomic mass is 32.1. The molecule has 4 amide bonds. The number of nitrogens with zero attached hydrogens (tertiary/aromatic N) is 3. The van der Waals surface area contributed by atoms with E-state index in [1.54, 1.807) is 13.8 Å². The Morgan fingerprint density at radius 3 is 2.52 bits per heavy atom. The van der Waals surface area contributed by atoms with E-state index in [0.717, 1.165) is 9.91 Å². The molecule has 1 fully saturated rings. The Morgan fingerprint density at radius 1 is 1.38 bits per heavy atom. The highest BCUT2D eigenvalue weighted by Gasteiger charge is 2.44. The quantitative estimate of drug-likeness (QED) is 0.805. The molecule has 0 aromatic carbocycles. The minimum Gasteiger partial charge on any atom is -0.324 e. The average molecular weight is 311 g/mol. The van der Waals surface area contributed by atoms with Gasteiger partial charge < -0.3 is 5.32 Å². The lowest BCUT2D eigenvalue weighted by Crippen LogP contribution is -2.41. The molecular weight excluding hydrogens is 294 g/mol. The lowest BCUT2D eigenvalue weighted by atomic mass is 10.1. The molecule has 114 valence electrons. The van der Waals surface area contributed by atoms with Gasteiger partial charge in [0.25, 0.3) is 5.91 Å². The highest BCUT2D eigenvalue weighted by molar-refractivity contribution is 7.15. The molecule has 0 atom stereocenters. The number of hydrogen-bond acceptors (Lipinski definition) is 6. The summed E-state index contributed by atoms with van der Waals surface area (Å²) in [5.41, 5.74) is -0.981. The van der Waals surface area contributed by atoms with Gasteiger partial charge in [0, 0.05) is 5.92 Å². The summed E-state index contributed by atoms with van der Waals surface area (Å²) in [6.45, 7) is 6.78. The molecule has 2 heterocycles. The van der Waals surface area contributed by atoms with Crippen LogP contribution in [-0.4, -0.2) is 45.0 Å². The number of amides is 4. The van der Waals surface area contributed by atoms with E-state index in [4.69, 9.17) is 0 Å². The van der Waals surface area contributed by atoms with Gasteiger partial charge in [-0.1, -0.05) is 25.2 Å². The number of hydrogen-bond donors (Lipinski definition) is 2. The highest BCUT2D eigenvalue weighted by Crippen LogP contribution is 2.22. The number of imide groups is 1. The van der Waals surface area contributed by atoms with Crippen molar-refractivity contribution in [1.29, 1.82) is 0 Å². The molecule has 2 N–H and O–H groups in total. The summed E-state index contributed by atoms with van der Waals surface area (Å²) in [6.07, 6.45) is 0. The summed E-state index contributed by atoms with van der Waals surface area (Å²) in [5, 5.41) is 14.0. The Hall–Kier alpha value is -2.03. The van der Waals surface area contributed by atoms with Crippen molar-refractivity contribution in [3.63, 3.8) is 0 Å².